The van der Waals surface area contributed by atoms with E-state index in [1.807, 2.05) is 19.2 Å². The molecule has 2 aromatic heterocycles. The molecule has 1 N–H and O–H groups in total. The number of ether oxygens (including phenoxy) is 1. The number of rotatable bonds is 4. The summed E-state index contributed by atoms with van der Waals surface area (Å²) in [6.07, 6.45) is 4.78. The van der Waals surface area contributed by atoms with Gasteiger partial charge in [-0.1, -0.05) is 18.2 Å². The number of para-hydroxylation sites is 1. The Morgan fingerprint density at radius 2 is 2.18 bits per heavy atom. The van der Waals surface area contributed by atoms with Gasteiger partial charge in [-0.05, 0) is 35.2 Å². The summed E-state index contributed by atoms with van der Waals surface area (Å²) in [5.41, 5.74) is 2.92. The van der Waals surface area contributed by atoms with Crippen LogP contribution in [0.2, 0.25) is 0 Å². The van der Waals surface area contributed by atoms with Gasteiger partial charge < -0.3 is 19.5 Å². The molecule has 0 saturated carbocycles. The fourth-order valence-electron chi connectivity index (χ4n) is 3.18. The summed E-state index contributed by atoms with van der Waals surface area (Å²) >= 11 is 0. The number of hydrogen-bond acceptors (Lipinski definition) is 4. The average Bonchev–Trinajstić information content (AvgIpc) is 3.01. The highest BCUT2D eigenvalue weighted by molar-refractivity contribution is 5.95. The molecule has 2 amide bonds. The highest BCUT2D eigenvalue weighted by Gasteiger charge is 2.17. The maximum absolute atomic E-state index is 12.5. The normalized spacial score (nSPS) is 13.3. The minimum Gasteiger partial charge on any atom is -0.480 e. The molecule has 142 valence electrons. The van der Waals surface area contributed by atoms with E-state index in [1.54, 1.807) is 30.3 Å². The Labute approximate surface area is 162 Å². The minimum absolute atomic E-state index is 0.0332. The number of benzene rings is 1. The predicted octanol–water partition coefficient (Wildman–Crippen LogP) is 2.58. The van der Waals surface area contributed by atoms with Gasteiger partial charge in [0.1, 0.15) is 0 Å². The topological polar surface area (TPSA) is 76.5 Å². The molecule has 0 fully saturated rings. The van der Waals surface area contributed by atoms with E-state index in [4.69, 9.17) is 4.74 Å². The molecule has 0 bridgehead atoms. The van der Waals surface area contributed by atoms with E-state index < -0.39 is 0 Å². The van der Waals surface area contributed by atoms with Crippen LogP contribution in [0.5, 0.6) is 5.75 Å². The van der Waals surface area contributed by atoms with E-state index in [-0.39, 0.29) is 18.4 Å². The SMILES string of the molecule is CN(Cc1cc2ccccc2n1C)C(=O)/C=C/c1cnc2c(c1)OCC(=O)N2. The number of fused-ring (bicyclic) bond motifs is 2. The number of nitrogens with one attached hydrogen (secondary N) is 1. The summed E-state index contributed by atoms with van der Waals surface area (Å²) in [5.74, 6) is 0.552. The lowest BCUT2D eigenvalue weighted by atomic mass is 10.2. The lowest BCUT2D eigenvalue weighted by molar-refractivity contribution is -0.125. The second-order valence-corrected chi connectivity index (χ2v) is 6.73. The van der Waals surface area contributed by atoms with Crippen LogP contribution in [-0.4, -0.2) is 39.9 Å². The van der Waals surface area contributed by atoms with Gasteiger partial charge in [-0.3, -0.25) is 9.59 Å². The second kappa shape index (κ2) is 7.19. The first-order valence-electron chi connectivity index (χ1n) is 8.90. The number of pyridine rings is 1. The fraction of sp³-hybridized carbons (Fsp3) is 0.190. The van der Waals surface area contributed by atoms with Crippen molar-refractivity contribution in [2.75, 3.05) is 19.0 Å². The number of nitrogens with zero attached hydrogens (tertiary/aromatic N) is 3. The molecule has 0 spiro atoms. The van der Waals surface area contributed by atoms with Crippen LogP contribution in [0.3, 0.4) is 0 Å². The van der Waals surface area contributed by atoms with Crippen LogP contribution < -0.4 is 10.1 Å². The molecule has 1 aliphatic rings. The molecular formula is C21H20N4O3. The van der Waals surface area contributed by atoms with Crippen LogP contribution in [0.15, 0.2) is 48.7 Å². The van der Waals surface area contributed by atoms with Crippen molar-refractivity contribution >= 4 is 34.6 Å². The summed E-state index contributed by atoms with van der Waals surface area (Å²) < 4.78 is 7.44. The van der Waals surface area contributed by atoms with Crippen molar-refractivity contribution in [2.45, 2.75) is 6.54 Å². The number of anilines is 1. The molecule has 0 aliphatic carbocycles. The summed E-state index contributed by atoms with van der Waals surface area (Å²) in [4.78, 5) is 29.6. The minimum atomic E-state index is -0.228. The maximum Gasteiger partial charge on any atom is 0.263 e. The molecule has 28 heavy (non-hydrogen) atoms. The Kier molecular flexibility index (Phi) is 4.57. The zero-order chi connectivity index (χ0) is 19.7. The Morgan fingerprint density at radius 1 is 1.36 bits per heavy atom. The Bertz CT molecular complexity index is 1100. The third kappa shape index (κ3) is 3.46. The van der Waals surface area contributed by atoms with Crippen molar-refractivity contribution in [1.82, 2.24) is 14.5 Å². The number of aryl methyl sites for hydroxylation is 1. The zero-order valence-electron chi connectivity index (χ0n) is 15.7. The Balaban J connectivity index is 1.45. The highest BCUT2D eigenvalue weighted by atomic mass is 16.5. The fourth-order valence-corrected chi connectivity index (χ4v) is 3.18. The number of carbonyl (C=O) groups excluding carboxylic acids is 2. The molecule has 4 rings (SSSR count). The van der Waals surface area contributed by atoms with Crippen LogP contribution in [0.1, 0.15) is 11.3 Å². The van der Waals surface area contributed by atoms with Gasteiger partial charge in [-0.25, -0.2) is 4.98 Å². The molecule has 1 aromatic carbocycles. The molecule has 0 unspecified atom stereocenters. The molecule has 0 radical (unpaired) electrons. The molecule has 3 aromatic rings. The van der Waals surface area contributed by atoms with Crippen LogP contribution in [0.4, 0.5) is 5.82 Å². The van der Waals surface area contributed by atoms with Crippen molar-refractivity contribution < 1.29 is 14.3 Å². The van der Waals surface area contributed by atoms with Gasteiger partial charge in [-0.15, -0.1) is 0 Å². The van der Waals surface area contributed by atoms with Gasteiger partial charge in [0, 0.05) is 37.6 Å². The monoisotopic (exact) mass is 376 g/mol. The third-order valence-electron chi connectivity index (χ3n) is 4.74. The highest BCUT2D eigenvalue weighted by Crippen LogP contribution is 2.26. The first-order chi connectivity index (χ1) is 13.5. The second-order valence-electron chi connectivity index (χ2n) is 6.73. The molecule has 7 nitrogen and oxygen atoms in total. The number of likely N-dealkylation sites (N-methyl/N-ethyl adjacent to an activating group) is 1. The van der Waals surface area contributed by atoms with Crippen molar-refractivity contribution in [1.29, 1.82) is 0 Å². The molecular weight excluding hydrogens is 356 g/mol. The summed E-state index contributed by atoms with van der Waals surface area (Å²) in [7, 11) is 3.78. The Hall–Kier alpha value is -3.61. The van der Waals surface area contributed by atoms with E-state index in [0.29, 0.717) is 18.1 Å². The first-order valence-corrected chi connectivity index (χ1v) is 8.90. The van der Waals surface area contributed by atoms with E-state index in [0.717, 1.165) is 22.2 Å². The van der Waals surface area contributed by atoms with Gasteiger partial charge in [0.05, 0.1) is 6.54 Å². The average molecular weight is 376 g/mol. The number of carbonyl (C=O) groups is 2. The van der Waals surface area contributed by atoms with Gasteiger partial charge in [0.2, 0.25) is 5.91 Å². The molecule has 0 saturated heterocycles. The quantitative estimate of drug-likeness (QED) is 0.710. The first kappa shape index (κ1) is 17.8. The van der Waals surface area contributed by atoms with Crippen LogP contribution in [-0.2, 0) is 23.2 Å². The van der Waals surface area contributed by atoms with Gasteiger partial charge in [0.15, 0.2) is 18.2 Å². The Morgan fingerprint density at radius 3 is 3.00 bits per heavy atom. The van der Waals surface area contributed by atoms with Crippen molar-refractivity contribution in [2.24, 2.45) is 7.05 Å². The predicted molar refractivity (Wildman–Crippen MR) is 107 cm³/mol. The lowest BCUT2D eigenvalue weighted by Crippen LogP contribution is -2.26. The van der Waals surface area contributed by atoms with Crippen LogP contribution in [0.25, 0.3) is 17.0 Å². The standard InChI is InChI=1S/C21H20N4O3/c1-24(12-16-10-15-5-3-4-6-17(15)25(16)2)20(27)8-7-14-9-18-21(22-11-14)23-19(26)13-28-18/h3-11H,12-13H2,1-2H3,(H,22,23,26)/b8-7+. The number of amides is 2. The van der Waals surface area contributed by atoms with Crippen LogP contribution in [0, 0.1) is 0 Å². The summed E-state index contributed by atoms with van der Waals surface area (Å²) in [6, 6.07) is 12.0. The molecule has 1 aliphatic heterocycles. The third-order valence-corrected chi connectivity index (χ3v) is 4.74. The smallest absolute Gasteiger partial charge is 0.263 e. The van der Waals surface area contributed by atoms with E-state index in [9.17, 15) is 9.59 Å². The van der Waals surface area contributed by atoms with E-state index in [2.05, 4.69) is 33.1 Å². The largest absolute Gasteiger partial charge is 0.480 e. The van der Waals surface area contributed by atoms with Crippen molar-refractivity contribution in [3.05, 3.63) is 59.9 Å². The van der Waals surface area contributed by atoms with E-state index >= 15 is 0 Å². The van der Waals surface area contributed by atoms with Gasteiger partial charge >= 0.3 is 0 Å². The molecule has 0 atom stereocenters. The van der Waals surface area contributed by atoms with Gasteiger partial charge in [0.25, 0.3) is 5.91 Å². The summed E-state index contributed by atoms with van der Waals surface area (Å²) in [5, 5.41) is 3.79. The molecule has 3 heterocycles. The van der Waals surface area contributed by atoms with Crippen LogP contribution >= 0.6 is 0 Å². The number of hydrogen-bond donors (Lipinski definition) is 1. The molecule has 7 heteroatoms. The lowest BCUT2D eigenvalue weighted by Gasteiger charge is -2.17. The van der Waals surface area contributed by atoms with Gasteiger partial charge in [-0.2, -0.15) is 0 Å². The van der Waals surface area contributed by atoms with Crippen molar-refractivity contribution in [3.63, 3.8) is 0 Å². The van der Waals surface area contributed by atoms with Crippen molar-refractivity contribution in [3.8, 4) is 5.75 Å². The van der Waals surface area contributed by atoms with E-state index in [1.165, 1.54) is 6.08 Å². The number of aromatic nitrogens is 2. The maximum atomic E-state index is 12.5. The summed E-state index contributed by atoms with van der Waals surface area (Å²) in [6.45, 7) is 0.473. The zero-order valence-corrected chi connectivity index (χ0v) is 15.7.